The lowest BCUT2D eigenvalue weighted by Crippen LogP contribution is -2.44. The van der Waals surface area contributed by atoms with Crippen LogP contribution in [-0.4, -0.2) is 11.9 Å². The van der Waals surface area contributed by atoms with Crippen LogP contribution in [0.4, 0.5) is 11.4 Å². The number of anilines is 2. The first kappa shape index (κ1) is 21.2. The number of rotatable bonds is 5. The predicted molar refractivity (Wildman–Crippen MR) is 130 cm³/mol. The minimum Gasteiger partial charge on any atom is -0.378 e. The van der Waals surface area contributed by atoms with Crippen LogP contribution in [0, 0.1) is 13.8 Å². The third kappa shape index (κ3) is 4.23. The molecule has 0 saturated carbocycles. The van der Waals surface area contributed by atoms with Gasteiger partial charge in [-0.05, 0) is 74.1 Å². The smallest absolute Gasteiger partial charge is 0.258 e. The molecule has 2 atom stereocenters. The summed E-state index contributed by atoms with van der Waals surface area (Å²) in [5.41, 5.74) is 7.80. The average molecular weight is 413 g/mol. The van der Waals surface area contributed by atoms with Crippen molar-refractivity contribution in [1.29, 1.82) is 0 Å². The van der Waals surface area contributed by atoms with E-state index in [-0.39, 0.29) is 18.0 Å². The summed E-state index contributed by atoms with van der Waals surface area (Å²) in [4.78, 5) is 15.6. The van der Waals surface area contributed by atoms with E-state index in [1.165, 1.54) is 16.7 Å². The maximum Gasteiger partial charge on any atom is 0.258 e. The molecule has 0 spiro atoms. The Labute approximate surface area is 186 Å². The van der Waals surface area contributed by atoms with E-state index in [1.807, 2.05) is 17.0 Å². The molecule has 1 heterocycles. The fourth-order valence-corrected chi connectivity index (χ4v) is 4.69. The van der Waals surface area contributed by atoms with E-state index in [1.54, 1.807) is 0 Å². The Morgan fingerprint density at radius 1 is 0.968 bits per heavy atom. The second kappa shape index (κ2) is 8.97. The predicted octanol–water partition coefficient (Wildman–Crippen LogP) is 6.85. The van der Waals surface area contributed by atoms with Gasteiger partial charge >= 0.3 is 0 Å². The van der Waals surface area contributed by atoms with Crippen LogP contribution in [-0.2, 0) is 6.42 Å². The number of carbonyl (C=O) groups is 1. The van der Waals surface area contributed by atoms with Gasteiger partial charge < -0.3 is 10.2 Å². The molecule has 0 unspecified atom stereocenters. The molecule has 1 amide bonds. The maximum absolute atomic E-state index is 13.6. The molecule has 0 aromatic heterocycles. The van der Waals surface area contributed by atoms with Crippen LogP contribution in [0.3, 0.4) is 0 Å². The van der Waals surface area contributed by atoms with Gasteiger partial charge in [0.25, 0.3) is 5.91 Å². The maximum atomic E-state index is 13.6. The zero-order valence-corrected chi connectivity index (χ0v) is 19.0. The van der Waals surface area contributed by atoms with E-state index in [0.29, 0.717) is 0 Å². The minimum absolute atomic E-state index is 0.0837. The lowest BCUT2D eigenvalue weighted by atomic mass is 9.88. The number of fused-ring (bicyclic) bond motifs is 1. The van der Waals surface area contributed by atoms with Crippen LogP contribution >= 0.6 is 0 Å². The standard InChI is InChI=1S/C28H32N2O/c1-5-9-22-14-16-23(17-15-22)28(31)30-21(4)18-26(24-12-8-11-20(3)27(24)30)29-25-13-7-6-10-19(25)2/h6-8,10-17,21,26,29H,5,9,18H2,1-4H3/t21-,26-/m1/s1. The molecule has 3 aromatic carbocycles. The van der Waals surface area contributed by atoms with Gasteiger partial charge in [0.05, 0.1) is 11.7 Å². The van der Waals surface area contributed by atoms with Gasteiger partial charge in [0, 0.05) is 17.3 Å². The summed E-state index contributed by atoms with van der Waals surface area (Å²) in [6.07, 6.45) is 3.02. The summed E-state index contributed by atoms with van der Waals surface area (Å²) in [6.45, 7) is 8.57. The average Bonchev–Trinajstić information content (AvgIpc) is 2.76. The monoisotopic (exact) mass is 412 g/mol. The first-order chi connectivity index (χ1) is 15.0. The molecule has 31 heavy (non-hydrogen) atoms. The van der Waals surface area contributed by atoms with Crippen molar-refractivity contribution in [2.24, 2.45) is 0 Å². The topological polar surface area (TPSA) is 32.3 Å². The van der Waals surface area contributed by atoms with E-state index in [4.69, 9.17) is 0 Å². The highest BCUT2D eigenvalue weighted by Gasteiger charge is 2.35. The number of nitrogens with zero attached hydrogens (tertiary/aromatic N) is 1. The Morgan fingerprint density at radius 3 is 2.39 bits per heavy atom. The summed E-state index contributed by atoms with van der Waals surface area (Å²) in [6, 6.07) is 23.2. The summed E-state index contributed by atoms with van der Waals surface area (Å²) < 4.78 is 0. The quantitative estimate of drug-likeness (QED) is 0.497. The van der Waals surface area contributed by atoms with Crippen molar-refractivity contribution >= 4 is 17.3 Å². The molecular formula is C28H32N2O. The Bertz CT molecular complexity index is 1070. The fraction of sp³-hybridized carbons (Fsp3) is 0.321. The lowest BCUT2D eigenvalue weighted by Gasteiger charge is -2.41. The molecule has 1 N–H and O–H groups in total. The largest absolute Gasteiger partial charge is 0.378 e. The van der Waals surface area contributed by atoms with Crippen molar-refractivity contribution in [2.75, 3.05) is 10.2 Å². The van der Waals surface area contributed by atoms with Crippen molar-refractivity contribution < 1.29 is 4.79 Å². The van der Waals surface area contributed by atoms with Crippen LogP contribution in [0.25, 0.3) is 0 Å². The number of carbonyl (C=O) groups excluding carboxylic acids is 1. The van der Waals surface area contributed by atoms with Gasteiger partial charge in [0.2, 0.25) is 0 Å². The molecule has 1 aliphatic heterocycles. The van der Waals surface area contributed by atoms with Gasteiger partial charge in [-0.3, -0.25) is 4.79 Å². The van der Waals surface area contributed by atoms with Crippen LogP contribution in [0.1, 0.15) is 65.3 Å². The van der Waals surface area contributed by atoms with E-state index >= 15 is 0 Å². The van der Waals surface area contributed by atoms with E-state index in [2.05, 4.69) is 87.6 Å². The minimum atomic E-state index is 0.0837. The highest BCUT2D eigenvalue weighted by molar-refractivity contribution is 6.07. The van der Waals surface area contributed by atoms with Crippen molar-refractivity contribution in [2.45, 2.75) is 59.0 Å². The summed E-state index contributed by atoms with van der Waals surface area (Å²) in [5, 5.41) is 3.75. The number of amides is 1. The van der Waals surface area contributed by atoms with Crippen LogP contribution in [0.2, 0.25) is 0 Å². The van der Waals surface area contributed by atoms with Crippen LogP contribution < -0.4 is 10.2 Å². The second-order valence-corrected chi connectivity index (χ2v) is 8.73. The molecule has 3 heteroatoms. The first-order valence-electron chi connectivity index (χ1n) is 11.3. The molecule has 1 aliphatic rings. The lowest BCUT2D eigenvalue weighted by molar-refractivity contribution is 0.0974. The Kier molecular flexibility index (Phi) is 6.13. The van der Waals surface area contributed by atoms with Gasteiger partial charge in [-0.1, -0.05) is 61.9 Å². The van der Waals surface area contributed by atoms with Crippen LogP contribution in [0.5, 0.6) is 0 Å². The van der Waals surface area contributed by atoms with Gasteiger partial charge in [-0.15, -0.1) is 0 Å². The number of hydrogen-bond donors (Lipinski definition) is 1. The highest BCUT2D eigenvalue weighted by Crippen LogP contribution is 2.41. The SMILES string of the molecule is CCCc1ccc(C(=O)N2c3c(C)cccc3[C@H](Nc3ccccc3C)C[C@H]2C)cc1. The van der Waals surface area contributed by atoms with Crippen molar-refractivity contribution in [3.05, 3.63) is 94.5 Å². The molecule has 3 nitrogen and oxygen atoms in total. The summed E-state index contributed by atoms with van der Waals surface area (Å²) in [5.74, 6) is 0.0837. The number of para-hydroxylation sites is 2. The molecular weight excluding hydrogens is 380 g/mol. The zero-order chi connectivity index (χ0) is 22.0. The van der Waals surface area contributed by atoms with E-state index in [9.17, 15) is 4.79 Å². The third-order valence-corrected chi connectivity index (χ3v) is 6.34. The number of aryl methyl sites for hydroxylation is 3. The van der Waals surface area contributed by atoms with Crippen molar-refractivity contribution in [1.82, 2.24) is 0 Å². The molecule has 0 radical (unpaired) electrons. The Hall–Kier alpha value is -3.07. The highest BCUT2D eigenvalue weighted by atomic mass is 16.2. The summed E-state index contributed by atoms with van der Waals surface area (Å²) in [7, 11) is 0. The van der Waals surface area contributed by atoms with Crippen LogP contribution in [0.15, 0.2) is 66.7 Å². The summed E-state index contributed by atoms with van der Waals surface area (Å²) >= 11 is 0. The Balaban J connectivity index is 1.69. The molecule has 160 valence electrons. The van der Waals surface area contributed by atoms with Gasteiger partial charge in [0.1, 0.15) is 0 Å². The van der Waals surface area contributed by atoms with Gasteiger partial charge in [0.15, 0.2) is 0 Å². The molecule has 4 rings (SSSR count). The van der Waals surface area contributed by atoms with Crippen molar-refractivity contribution in [3.8, 4) is 0 Å². The first-order valence-corrected chi connectivity index (χ1v) is 11.3. The third-order valence-electron chi connectivity index (χ3n) is 6.34. The van der Waals surface area contributed by atoms with Gasteiger partial charge in [-0.2, -0.15) is 0 Å². The molecule has 0 saturated heterocycles. The van der Waals surface area contributed by atoms with E-state index < -0.39 is 0 Å². The number of nitrogens with one attached hydrogen (secondary N) is 1. The number of hydrogen-bond acceptors (Lipinski definition) is 2. The Morgan fingerprint density at radius 2 is 1.68 bits per heavy atom. The normalized spacial score (nSPS) is 17.9. The second-order valence-electron chi connectivity index (χ2n) is 8.73. The fourth-order valence-electron chi connectivity index (χ4n) is 4.69. The van der Waals surface area contributed by atoms with Gasteiger partial charge in [-0.25, -0.2) is 0 Å². The molecule has 0 fully saturated rings. The molecule has 0 aliphatic carbocycles. The number of benzene rings is 3. The van der Waals surface area contributed by atoms with E-state index in [0.717, 1.165) is 41.8 Å². The van der Waals surface area contributed by atoms with Crippen molar-refractivity contribution in [3.63, 3.8) is 0 Å². The molecule has 0 bridgehead atoms. The molecule has 3 aromatic rings. The zero-order valence-electron chi connectivity index (χ0n) is 19.0.